The Hall–Kier alpha value is -1.96. The molecule has 0 radical (unpaired) electrons. The van der Waals surface area contributed by atoms with Crippen LogP contribution in [0.1, 0.15) is 19.4 Å². The van der Waals surface area contributed by atoms with Crippen molar-refractivity contribution in [3.05, 3.63) is 35.4 Å². The zero-order valence-electron chi connectivity index (χ0n) is 10.2. The van der Waals surface area contributed by atoms with Gasteiger partial charge in [-0.25, -0.2) is 8.78 Å². The number of nitrogens with one attached hydrogen (secondary N) is 1. The Balaban J connectivity index is 2.71. The SMILES string of the molecule is CC(C)C(C#N)NC(=O)Cc1cccc(F)c1F. The van der Waals surface area contributed by atoms with Crippen LogP contribution in [0.25, 0.3) is 0 Å². The third kappa shape index (κ3) is 3.52. The largest absolute Gasteiger partial charge is 0.340 e. The average molecular weight is 252 g/mol. The normalized spacial score (nSPS) is 12.0. The summed E-state index contributed by atoms with van der Waals surface area (Å²) in [5, 5.41) is 11.3. The number of amides is 1. The summed E-state index contributed by atoms with van der Waals surface area (Å²) >= 11 is 0. The van der Waals surface area contributed by atoms with E-state index in [1.54, 1.807) is 13.8 Å². The molecule has 0 aliphatic carbocycles. The minimum Gasteiger partial charge on any atom is -0.340 e. The highest BCUT2D eigenvalue weighted by Gasteiger charge is 2.17. The number of halogens is 2. The molecule has 0 saturated heterocycles. The van der Waals surface area contributed by atoms with Crippen LogP contribution in [0.15, 0.2) is 18.2 Å². The fourth-order valence-electron chi connectivity index (χ4n) is 1.43. The molecule has 0 aliphatic heterocycles. The van der Waals surface area contributed by atoms with E-state index in [1.807, 2.05) is 6.07 Å². The van der Waals surface area contributed by atoms with E-state index in [2.05, 4.69) is 5.32 Å². The molecule has 0 aliphatic rings. The summed E-state index contributed by atoms with van der Waals surface area (Å²) in [4.78, 5) is 11.6. The molecule has 0 fully saturated rings. The van der Waals surface area contributed by atoms with Crippen molar-refractivity contribution in [1.29, 1.82) is 5.26 Å². The molecular formula is C13H14F2N2O. The molecule has 18 heavy (non-hydrogen) atoms. The summed E-state index contributed by atoms with van der Waals surface area (Å²) in [6.45, 7) is 3.58. The third-order valence-electron chi connectivity index (χ3n) is 2.50. The Kier molecular flexibility index (Phi) is 4.78. The van der Waals surface area contributed by atoms with E-state index in [0.717, 1.165) is 6.07 Å². The molecule has 0 aromatic heterocycles. The maximum atomic E-state index is 13.3. The second-order valence-electron chi connectivity index (χ2n) is 4.31. The van der Waals surface area contributed by atoms with Gasteiger partial charge in [0.1, 0.15) is 6.04 Å². The van der Waals surface area contributed by atoms with Crippen molar-refractivity contribution in [3.8, 4) is 6.07 Å². The maximum absolute atomic E-state index is 13.3. The highest BCUT2D eigenvalue weighted by atomic mass is 19.2. The fraction of sp³-hybridized carbons (Fsp3) is 0.385. The van der Waals surface area contributed by atoms with Crippen LogP contribution in [0, 0.1) is 28.9 Å². The zero-order valence-corrected chi connectivity index (χ0v) is 10.2. The van der Waals surface area contributed by atoms with Gasteiger partial charge in [0, 0.05) is 5.56 Å². The molecule has 0 saturated carbocycles. The van der Waals surface area contributed by atoms with Gasteiger partial charge in [0.05, 0.1) is 12.5 Å². The van der Waals surface area contributed by atoms with Crippen LogP contribution in [0.3, 0.4) is 0 Å². The number of carbonyl (C=O) groups is 1. The molecule has 96 valence electrons. The Bertz CT molecular complexity index is 480. The smallest absolute Gasteiger partial charge is 0.225 e. The first-order valence-electron chi connectivity index (χ1n) is 5.57. The van der Waals surface area contributed by atoms with Gasteiger partial charge < -0.3 is 5.32 Å². The van der Waals surface area contributed by atoms with Gasteiger partial charge in [-0.15, -0.1) is 0 Å². The topological polar surface area (TPSA) is 52.9 Å². The lowest BCUT2D eigenvalue weighted by atomic mass is 10.1. The number of nitrogens with zero attached hydrogens (tertiary/aromatic N) is 1. The lowest BCUT2D eigenvalue weighted by Gasteiger charge is -2.14. The van der Waals surface area contributed by atoms with E-state index in [4.69, 9.17) is 5.26 Å². The van der Waals surface area contributed by atoms with E-state index in [1.165, 1.54) is 12.1 Å². The van der Waals surface area contributed by atoms with Crippen molar-refractivity contribution in [2.24, 2.45) is 5.92 Å². The second-order valence-corrected chi connectivity index (χ2v) is 4.31. The van der Waals surface area contributed by atoms with Crippen LogP contribution in [0.4, 0.5) is 8.78 Å². The number of rotatable bonds is 4. The highest BCUT2D eigenvalue weighted by molar-refractivity contribution is 5.79. The third-order valence-corrected chi connectivity index (χ3v) is 2.50. The summed E-state index contributed by atoms with van der Waals surface area (Å²) < 4.78 is 26.2. The van der Waals surface area contributed by atoms with Gasteiger partial charge in [-0.2, -0.15) is 5.26 Å². The van der Waals surface area contributed by atoms with Crippen molar-refractivity contribution in [3.63, 3.8) is 0 Å². The molecule has 1 aromatic rings. The van der Waals surface area contributed by atoms with Crippen molar-refractivity contribution in [1.82, 2.24) is 5.32 Å². The van der Waals surface area contributed by atoms with E-state index in [0.29, 0.717) is 0 Å². The van der Waals surface area contributed by atoms with Crippen LogP contribution < -0.4 is 5.32 Å². The summed E-state index contributed by atoms with van der Waals surface area (Å²) in [6.07, 6.45) is -0.283. The molecule has 1 amide bonds. The molecule has 0 bridgehead atoms. The van der Waals surface area contributed by atoms with Gasteiger partial charge in [-0.3, -0.25) is 4.79 Å². The Morgan fingerprint density at radius 1 is 1.44 bits per heavy atom. The lowest BCUT2D eigenvalue weighted by Crippen LogP contribution is -2.38. The Labute approximate surface area is 104 Å². The zero-order chi connectivity index (χ0) is 13.7. The minimum atomic E-state index is -1.02. The summed E-state index contributed by atoms with van der Waals surface area (Å²) in [5.74, 6) is -2.55. The molecule has 1 unspecified atom stereocenters. The first-order valence-corrected chi connectivity index (χ1v) is 5.57. The number of nitriles is 1. The Morgan fingerprint density at radius 3 is 2.67 bits per heavy atom. The van der Waals surface area contributed by atoms with Gasteiger partial charge >= 0.3 is 0 Å². The van der Waals surface area contributed by atoms with Gasteiger partial charge in [-0.1, -0.05) is 26.0 Å². The molecule has 1 atom stereocenters. The standard InChI is InChI=1S/C13H14F2N2O/c1-8(2)11(7-16)17-12(18)6-9-4-3-5-10(14)13(9)15/h3-5,8,11H,6H2,1-2H3,(H,17,18). The van der Waals surface area contributed by atoms with Crippen molar-refractivity contribution >= 4 is 5.91 Å². The van der Waals surface area contributed by atoms with Crippen LogP contribution >= 0.6 is 0 Å². The summed E-state index contributed by atoms with van der Waals surface area (Å²) in [7, 11) is 0. The summed E-state index contributed by atoms with van der Waals surface area (Å²) in [5.41, 5.74) is -0.0204. The van der Waals surface area contributed by atoms with Gasteiger partial charge in [0.15, 0.2) is 11.6 Å². The molecule has 1 aromatic carbocycles. The number of hydrogen-bond donors (Lipinski definition) is 1. The first-order chi connectivity index (χ1) is 8.45. The predicted molar refractivity (Wildman–Crippen MR) is 62.4 cm³/mol. The van der Waals surface area contributed by atoms with E-state index in [-0.39, 0.29) is 17.9 Å². The lowest BCUT2D eigenvalue weighted by molar-refractivity contribution is -0.121. The van der Waals surface area contributed by atoms with Gasteiger partial charge in [0.25, 0.3) is 0 Å². The van der Waals surface area contributed by atoms with Gasteiger partial charge in [0.2, 0.25) is 5.91 Å². The molecule has 0 spiro atoms. The molecular weight excluding hydrogens is 238 g/mol. The van der Waals surface area contributed by atoms with Crippen LogP contribution in [-0.2, 0) is 11.2 Å². The van der Waals surface area contributed by atoms with Crippen molar-refractivity contribution < 1.29 is 13.6 Å². The monoisotopic (exact) mass is 252 g/mol. The van der Waals surface area contributed by atoms with Crippen LogP contribution in [-0.4, -0.2) is 11.9 Å². The van der Waals surface area contributed by atoms with Crippen molar-refractivity contribution in [2.45, 2.75) is 26.3 Å². The molecule has 1 rings (SSSR count). The van der Waals surface area contributed by atoms with Crippen molar-refractivity contribution in [2.75, 3.05) is 0 Å². The number of carbonyl (C=O) groups excluding carboxylic acids is 1. The van der Waals surface area contributed by atoms with Crippen LogP contribution in [0.2, 0.25) is 0 Å². The molecule has 3 nitrogen and oxygen atoms in total. The number of hydrogen-bond acceptors (Lipinski definition) is 2. The minimum absolute atomic E-state index is 0.0204. The predicted octanol–water partition coefficient (Wildman–Crippen LogP) is 2.17. The molecule has 5 heteroatoms. The van der Waals surface area contributed by atoms with E-state index in [9.17, 15) is 13.6 Å². The second kappa shape index (κ2) is 6.10. The first kappa shape index (κ1) is 14.1. The quantitative estimate of drug-likeness (QED) is 0.892. The Morgan fingerprint density at radius 2 is 2.11 bits per heavy atom. The fourth-order valence-corrected chi connectivity index (χ4v) is 1.43. The van der Waals surface area contributed by atoms with E-state index >= 15 is 0 Å². The maximum Gasteiger partial charge on any atom is 0.225 e. The van der Waals surface area contributed by atoms with Gasteiger partial charge in [-0.05, 0) is 12.0 Å². The van der Waals surface area contributed by atoms with Crippen LogP contribution in [0.5, 0.6) is 0 Å². The number of benzene rings is 1. The highest BCUT2D eigenvalue weighted by Crippen LogP contribution is 2.12. The molecule has 0 heterocycles. The average Bonchev–Trinajstić information content (AvgIpc) is 2.31. The molecule has 1 N–H and O–H groups in total. The van der Waals surface area contributed by atoms with E-state index < -0.39 is 23.6 Å². The summed E-state index contributed by atoms with van der Waals surface area (Å²) in [6, 6.07) is 4.98.